The molecule has 2 atom stereocenters. The first-order valence-corrected chi connectivity index (χ1v) is 8.27. The number of rotatable bonds is 5. The lowest BCUT2D eigenvalue weighted by Crippen LogP contribution is -2.38. The summed E-state index contributed by atoms with van der Waals surface area (Å²) in [6.07, 6.45) is 1.17. The zero-order valence-electron chi connectivity index (χ0n) is 14.5. The van der Waals surface area contributed by atoms with Crippen molar-refractivity contribution in [3.63, 3.8) is 0 Å². The van der Waals surface area contributed by atoms with Crippen molar-refractivity contribution in [1.82, 2.24) is 19.9 Å². The molecule has 1 amide bonds. The molecule has 2 aromatic heterocycles. The molecule has 9 heteroatoms. The van der Waals surface area contributed by atoms with Crippen LogP contribution in [0.1, 0.15) is 5.69 Å². The highest BCUT2D eigenvalue weighted by molar-refractivity contribution is 5.71. The number of ether oxygens (including phenoxy) is 3. The summed E-state index contributed by atoms with van der Waals surface area (Å²) in [6, 6.07) is 7.18. The number of pyridine rings is 1. The van der Waals surface area contributed by atoms with Crippen molar-refractivity contribution in [2.45, 2.75) is 18.7 Å². The first-order chi connectivity index (χ1) is 12.7. The molecule has 2 saturated heterocycles. The topological polar surface area (TPSA) is 89.9 Å². The van der Waals surface area contributed by atoms with Crippen LogP contribution < -0.4 is 14.4 Å². The van der Waals surface area contributed by atoms with Gasteiger partial charge < -0.3 is 19.1 Å². The molecule has 2 aliphatic rings. The summed E-state index contributed by atoms with van der Waals surface area (Å²) in [5, 5.41) is 0. The number of methoxy groups -OCH3 is 2. The van der Waals surface area contributed by atoms with Gasteiger partial charge in [-0.15, -0.1) is 0 Å². The van der Waals surface area contributed by atoms with Crippen LogP contribution in [0.3, 0.4) is 0 Å². The summed E-state index contributed by atoms with van der Waals surface area (Å²) in [6.45, 7) is 1.50. The van der Waals surface area contributed by atoms with E-state index >= 15 is 0 Å². The van der Waals surface area contributed by atoms with Gasteiger partial charge in [-0.25, -0.2) is 4.79 Å². The van der Waals surface area contributed by atoms with E-state index in [4.69, 9.17) is 14.2 Å². The van der Waals surface area contributed by atoms with Gasteiger partial charge in [0.25, 0.3) is 0 Å². The molecule has 0 bridgehead atoms. The van der Waals surface area contributed by atoms with Gasteiger partial charge in [0.2, 0.25) is 17.7 Å². The number of aromatic nitrogens is 3. The van der Waals surface area contributed by atoms with E-state index in [2.05, 4.69) is 15.0 Å². The number of amides is 1. The van der Waals surface area contributed by atoms with Crippen molar-refractivity contribution in [2.24, 2.45) is 0 Å². The number of carbonyl (C=O) groups is 1. The molecule has 2 fully saturated rings. The number of anilines is 1. The van der Waals surface area contributed by atoms with Crippen LogP contribution in [0.5, 0.6) is 11.8 Å². The van der Waals surface area contributed by atoms with E-state index in [1.165, 1.54) is 0 Å². The fourth-order valence-corrected chi connectivity index (χ4v) is 3.26. The van der Waals surface area contributed by atoms with Crippen LogP contribution in [0.4, 0.5) is 10.7 Å². The maximum atomic E-state index is 12.2. The van der Waals surface area contributed by atoms with Crippen LogP contribution >= 0.6 is 0 Å². The normalized spacial score (nSPS) is 21.5. The summed E-state index contributed by atoms with van der Waals surface area (Å²) in [4.78, 5) is 29.0. The van der Waals surface area contributed by atoms with Gasteiger partial charge in [-0.1, -0.05) is 6.07 Å². The lowest BCUT2D eigenvalue weighted by molar-refractivity contribution is 0.135. The van der Waals surface area contributed by atoms with Crippen LogP contribution in [0, 0.1) is 0 Å². The molecule has 0 unspecified atom stereocenters. The molecule has 0 radical (unpaired) electrons. The second-order valence-electron chi connectivity index (χ2n) is 6.10. The van der Waals surface area contributed by atoms with E-state index in [-0.39, 0.29) is 18.2 Å². The van der Waals surface area contributed by atoms with Crippen molar-refractivity contribution < 1.29 is 19.0 Å². The fraction of sp³-hybridized carbons (Fsp3) is 0.412. The number of hydrogen-bond donors (Lipinski definition) is 0. The van der Waals surface area contributed by atoms with Gasteiger partial charge in [0.05, 0.1) is 45.1 Å². The Morgan fingerprint density at radius 2 is 1.96 bits per heavy atom. The number of nitrogens with zero attached hydrogens (tertiary/aromatic N) is 5. The van der Waals surface area contributed by atoms with E-state index in [9.17, 15) is 4.79 Å². The standard InChI is InChI=1S/C17H19N5O4/c1-24-14-7-15(25-2)20-16(19-14)21-9-12-13(10-21)26-17(23)22(12)8-11-5-3-4-6-18-11/h3-7,12-13H,8-10H2,1-2H3/t12-,13+/m1/s1. The number of fused-ring (bicyclic) bond motifs is 1. The molecule has 2 aliphatic heterocycles. The van der Waals surface area contributed by atoms with Gasteiger partial charge in [-0.05, 0) is 12.1 Å². The van der Waals surface area contributed by atoms with Crippen LogP contribution in [0.25, 0.3) is 0 Å². The lowest BCUT2D eigenvalue weighted by atomic mass is 10.2. The Bertz CT molecular complexity index is 781. The minimum Gasteiger partial charge on any atom is -0.481 e. The Balaban J connectivity index is 1.53. The van der Waals surface area contributed by atoms with Crippen molar-refractivity contribution in [3.8, 4) is 11.8 Å². The summed E-state index contributed by atoms with van der Waals surface area (Å²) in [7, 11) is 3.08. The highest BCUT2D eigenvalue weighted by Gasteiger charge is 2.48. The van der Waals surface area contributed by atoms with Crippen LogP contribution in [0.2, 0.25) is 0 Å². The Hall–Kier alpha value is -3.10. The van der Waals surface area contributed by atoms with E-state index in [0.717, 1.165) is 5.69 Å². The summed E-state index contributed by atoms with van der Waals surface area (Å²) >= 11 is 0. The molecule has 0 spiro atoms. The molecular formula is C17H19N5O4. The van der Waals surface area contributed by atoms with Gasteiger partial charge >= 0.3 is 6.09 Å². The SMILES string of the molecule is COc1cc(OC)nc(N2C[C@@H]3OC(=O)N(Cc4ccccn4)[C@@H]3C2)n1. The Morgan fingerprint density at radius 1 is 1.19 bits per heavy atom. The zero-order valence-corrected chi connectivity index (χ0v) is 14.5. The van der Waals surface area contributed by atoms with Crippen LogP contribution in [-0.4, -0.2) is 65.4 Å². The predicted molar refractivity (Wildman–Crippen MR) is 91.2 cm³/mol. The Kier molecular flexibility index (Phi) is 4.19. The third-order valence-corrected chi connectivity index (χ3v) is 4.55. The number of hydrogen-bond acceptors (Lipinski definition) is 8. The average Bonchev–Trinajstić information content (AvgIpc) is 3.21. The van der Waals surface area contributed by atoms with E-state index < -0.39 is 0 Å². The second-order valence-corrected chi connectivity index (χ2v) is 6.10. The average molecular weight is 357 g/mol. The van der Waals surface area contributed by atoms with Crippen molar-refractivity contribution >= 4 is 12.0 Å². The predicted octanol–water partition coefficient (Wildman–Crippen LogP) is 1.10. The van der Waals surface area contributed by atoms with Crippen LogP contribution in [-0.2, 0) is 11.3 Å². The monoisotopic (exact) mass is 357 g/mol. The summed E-state index contributed by atoms with van der Waals surface area (Å²) < 4.78 is 15.9. The molecule has 9 nitrogen and oxygen atoms in total. The maximum Gasteiger partial charge on any atom is 0.410 e. The molecule has 0 saturated carbocycles. The summed E-state index contributed by atoms with van der Waals surface area (Å²) in [5.41, 5.74) is 0.822. The van der Waals surface area contributed by atoms with Gasteiger partial charge in [-0.2, -0.15) is 9.97 Å². The van der Waals surface area contributed by atoms with Crippen molar-refractivity contribution in [1.29, 1.82) is 0 Å². The molecule has 0 N–H and O–H groups in total. The Morgan fingerprint density at radius 3 is 2.62 bits per heavy atom. The minimum absolute atomic E-state index is 0.0784. The molecular weight excluding hydrogens is 338 g/mol. The maximum absolute atomic E-state index is 12.2. The quantitative estimate of drug-likeness (QED) is 0.786. The van der Waals surface area contributed by atoms with Crippen molar-refractivity contribution in [3.05, 3.63) is 36.2 Å². The second kappa shape index (κ2) is 6.66. The smallest absolute Gasteiger partial charge is 0.410 e. The molecule has 0 aliphatic carbocycles. The molecule has 26 heavy (non-hydrogen) atoms. The van der Waals surface area contributed by atoms with Crippen LogP contribution in [0.15, 0.2) is 30.5 Å². The molecule has 4 heterocycles. The highest BCUT2D eigenvalue weighted by Crippen LogP contribution is 2.31. The number of carbonyl (C=O) groups excluding carboxylic acids is 1. The van der Waals surface area contributed by atoms with E-state index in [0.29, 0.717) is 37.3 Å². The molecule has 4 rings (SSSR count). The minimum atomic E-state index is -0.311. The van der Waals surface area contributed by atoms with Crippen molar-refractivity contribution in [2.75, 3.05) is 32.2 Å². The third kappa shape index (κ3) is 2.96. The molecule has 2 aromatic rings. The Labute approximate surface area is 150 Å². The van der Waals surface area contributed by atoms with Gasteiger partial charge in [0.15, 0.2) is 0 Å². The highest BCUT2D eigenvalue weighted by atomic mass is 16.6. The molecule has 0 aromatic carbocycles. The van der Waals surface area contributed by atoms with Gasteiger partial charge in [-0.3, -0.25) is 9.88 Å². The summed E-state index contributed by atoms with van der Waals surface area (Å²) in [5.74, 6) is 1.34. The van der Waals surface area contributed by atoms with E-state index in [1.54, 1.807) is 31.4 Å². The zero-order chi connectivity index (χ0) is 18.1. The first kappa shape index (κ1) is 16.4. The molecule has 136 valence electrons. The fourth-order valence-electron chi connectivity index (χ4n) is 3.26. The largest absolute Gasteiger partial charge is 0.481 e. The third-order valence-electron chi connectivity index (χ3n) is 4.55. The first-order valence-electron chi connectivity index (χ1n) is 8.27. The van der Waals surface area contributed by atoms with Gasteiger partial charge in [0, 0.05) is 12.7 Å². The lowest BCUT2D eigenvalue weighted by Gasteiger charge is -2.22. The van der Waals surface area contributed by atoms with E-state index in [1.807, 2.05) is 23.1 Å². The van der Waals surface area contributed by atoms with Gasteiger partial charge in [0.1, 0.15) is 6.10 Å².